The zero-order valence-corrected chi connectivity index (χ0v) is 12.1. The predicted molar refractivity (Wildman–Crippen MR) is 80.7 cm³/mol. The third-order valence-electron chi connectivity index (χ3n) is 4.66. The Morgan fingerprint density at radius 1 is 1.37 bits per heavy atom. The maximum atomic E-state index is 3.58. The van der Waals surface area contributed by atoms with Crippen LogP contribution in [-0.4, -0.2) is 56.1 Å². The Balaban J connectivity index is 1.58. The quantitative estimate of drug-likeness (QED) is 0.894. The van der Waals surface area contributed by atoms with Crippen LogP contribution in [0, 0.1) is 5.92 Å². The minimum absolute atomic E-state index is 0.640. The summed E-state index contributed by atoms with van der Waals surface area (Å²) in [5.41, 5.74) is 2.79. The number of nitrogens with one attached hydrogen (secondary N) is 1. The molecule has 2 aliphatic heterocycles. The normalized spacial score (nSPS) is 27.3. The van der Waals surface area contributed by atoms with Crippen molar-refractivity contribution < 1.29 is 0 Å². The SMILES string of the molecule is CN1CCC(CN(C)C2CNc3ccccc3C2)C1. The summed E-state index contributed by atoms with van der Waals surface area (Å²) in [7, 11) is 4.52. The summed E-state index contributed by atoms with van der Waals surface area (Å²) in [6, 6.07) is 9.35. The molecule has 1 aromatic carbocycles. The van der Waals surface area contributed by atoms with Crippen molar-refractivity contribution in [2.45, 2.75) is 18.9 Å². The smallest absolute Gasteiger partial charge is 0.0373 e. The molecule has 0 bridgehead atoms. The average molecular weight is 259 g/mol. The van der Waals surface area contributed by atoms with Crippen LogP contribution in [0.5, 0.6) is 0 Å². The van der Waals surface area contributed by atoms with Gasteiger partial charge in [0.05, 0.1) is 0 Å². The largest absolute Gasteiger partial charge is 0.383 e. The van der Waals surface area contributed by atoms with E-state index in [1.807, 2.05) is 0 Å². The van der Waals surface area contributed by atoms with Crippen LogP contribution in [0.1, 0.15) is 12.0 Å². The zero-order chi connectivity index (χ0) is 13.2. The van der Waals surface area contributed by atoms with E-state index in [1.165, 1.54) is 43.7 Å². The van der Waals surface area contributed by atoms with Crippen molar-refractivity contribution >= 4 is 5.69 Å². The van der Waals surface area contributed by atoms with E-state index in [0.717, 1.165) is 12.5 Å². The molecule has 0 aliphatic carbocycles. The van der Waals surface area contributed by atoms with Crippen LogP contribution in [-0.2, 0) is 6.42 Å². The van der Waals surface area contributed by atoms with Gasteiger partial charge in [-0.1, -0.05) is 18.2 Å². The van der Waals surface area contributed by atoms with Crippen molar-refractivity contribution in [3.63, 3.8) is 0 Å². The maximum Gasteiger partial charge on any atom is 0.0373 e. The second kappa shape index (κ2) is 5.51. The van der Waals surface area contributed by atoms with Crippen LogP contribution in [0.4, 0.5) is 5.69 Å². The fourth-order valence-electron chi connectivity index (χ4n) is 3.47. The number of rotatable bonds is 3. The summed E-state index contributed by atoms with van der Waals surface area (Å²) in [4.78, 5) is 5.01. The van der Waals surface area contributed by atoms with Crippen LogP contribution in [0.15, 0.2) is 24.3 Å². The summed E-state index contributed by atoms with van der Waals surface area (Å²) < 4.78 is 0. The van der Waals surface area contributed by atoms with E-state index in [2.05, 4.69) is 53.5 Å². The Labute approximate surface area is 116 Å². The molecule has 1 N–H and O–H groups in total. The molecule has 3 heteroatoms. The van der Waals surface area contributed by atoms with Crippen molar-refractivity contribution in [1.29, 1.82) is 0 Å². The van der Waals surface area contributed by atoms with Gasteiger partial charge in [0.25, 0.3) is 0 Å². The molecule has 0 aromatic heterocycles. The number of hydrogen-bond donors (Lipinski definition) is 1. The monoisotopic (exact) mass is 259 g/mol. The second-order valence-electron chi connectivity index (χ2n) is 6.25. The first-order chi connectivity index (χ1) is 9.22. The topological polar surface area (TPSA) is 18.5 Å². The number of para-hydroxylation sites is 1. The fourth-order valence-corrected chi connectivity index (χ4v) is 3.47. The Kier molecular flexibility index (Phi) is 3.76. The highest BCUT2D eigenvalue weighted by Crippen LogP contribution is 2.24. The molecule has 0 spiro atoms. The van der Waals surface area contributed by atoms with E-state index < -0.39 is 0 Å². The van der Waals surface area contributed by atoms with E-state index >= 15 is 0 Å². The van der Waals surface area contributed by atoms with Gasteiger partial charge in [-0.05, 0) is 51.0 Å². The molecule has 3 nitrogen and oxygen atoms in total. The molecule has 2 heterocycles. The van der Waals surface area contributed by atoms with Crippen molar-refractivity contribution in [3.05, 3.63) is 29.8 Å². The third kappa shape index (κ3) is 2.93. The minimum atomic E-state index is 0.640. The molecule has 1 fully saturated rings. The number of anilines is 1. The van der Waals surface area contributed by atoms with Gasteiger partial charge < -0.3 is 15.1 Å². The van der Waals surface area contributed by atoms with Crippen LogP contribution < -0.4 is 5.32 Å². The number of nitrogens with zero attached hydrogens (tertiary/aromatic N) is 2. The van der Waals surface area contributed by atoms with E-state index in [4.69, 9.17) is 0 Å². The van der Waals surface area contributed by atoms with Gasteiger partial charge in [-0.15, -0.1) is 0 Å². The summed E-state index contributed by atoms with van der Waals surface area (Å²) in [6.45, 7) is 4.85. The molecule has 2 aliphatic rings. The number of fused-ring (bicyclic) bond motifs is 1. The number of likely N-dealkylation sites (tertiary alicyclic amines) is 1. The molecule has 0 radical (unpaired) electrons. The van der Waals surface area contributed by atoms with Gasteiger partial charge >= 0.3 is 0 Å². The predicted octanol–water partition coefficient (Wildman–Crippen LogP) is 1.91. The Bertz CT molecular complexity index is 432. The van der Waals surface area contributed by atoms with E-state index in [0.29, 0.717) is 6.04 Å². The van der Waals surface area contributed by atoms with Gasteiger partial charge in [0.1, 0.15) is 0 Å². The van der Waals surface area contributed by atoms with E-state index in [-0.39, 0.29) is 0 Å². The van der Waals surface area contributed by atoms with Gasteiger partial charge in [-0.25, -0.2) is 0 Å². The highest BCUT2D eigenvalue weighted by atomic mass is 15.2. The van der Waals surface area contributed by atoms with Gasteiger partial charge in [0.15, 0.2) is 0 Å². The molecular formula is C16H25N3. The summed E-state index contributed by atoms with van der Waals surface area (Å²) in [5, 5.41) is 3.58. The lowest BCUT2D eigenvalue weighted by atomic mass is 9.98. The van der Waals surface area contributed by atoms with Crippen molar-refractivity contribution in [1.82, 2.24) is 9.80 Å². The maximum absolute atomic E-state index is 3.58. The molecule has 104 valence electrons. The van der Waals surface area contributed by atoms with Crippen LogP contribution in [0.3, 0.4) is 0 Å². The van der Waals surface area contributed by atoms with Crippen LogP contribution in [0.25, 0.3) is 0 Å². The van der Waals surface area contributed by atoms with E-state index in [1.54, 1.807) is 0 Å². The van der Waals surface area contributed by atoms with Crippen molar-refractivity contribution in [3.8, 4) is 0 Å². The summed E-state index contributed by atoms with van der Waals surface area (Å²) in [5.74, 6) is 0.854. The van der Waals surface area contributed by atoms with Crippen molar-refractivity contribution in [2.75, 3.05) is 45.6 Å². The van der Waals surface area contributed by atoms with Gasteiger partial charge in [0, 0.05) is 31.4 Å². The zero-order valence-electron chi connectivity index (χ0n) is 12.1. The molecule has 19 heavy (non-hydrogen) atoms. The summed E-state index contributed by atoms with van der Waals surface area (Å²) in [6.07, 6.45) is 2.54. The molecule has 2 atom stereocenters. The number of likely N-dealkylation sites (N-methyl/N-ethyl adjacent to an activating group) is 1. The lowest BCUT2D eigenvalue weighted by Crippen LogP contribution is -2.44. The van der Waals surface area contributed by atoms with Crippen molar-refractivity contribution in [2.24, 2.45) is 5.92 Å². The summed E-state index contributed by atoms with van der Waals surface area (Å²) >= 11 is 0. The van der Waals surface area contributed by atoms with Gasteiger partial charge in [0.2, 0.25) is 0 Å². The lowest BCUT2D eigenvalue weighted by Gasteiger charge is -2.34. The number of hydrogen-bond acceptors (Lipinski definition) is 3. The first kappa shape index (κ1) is 12.9. The van der Waals surface area contributed by atoms with Gasteiger partial charge in [-0.3, -0.25) is 0 Å². The highest BCUT2D eigenvalue weighted by Gasteiger charge is 2.26. The lowest BCUT2D eigenvalue weighted by molar-refractivity contribution is 0.209. The molecule has 2 unspecified atom stereocenters. The molecule has 1 aromatic rings. The molecule has 0 saturated carbocycles. The highest BCUT2D eigenvalue weighted by molar-refractivity contribution is 5.53. The number of benzene rings is 1. The Hall–Kier alpha value is -1.06. The van der Waals surface area contributed by atoms with E-state index in [9.17, 15) is 0 Å². The standard InChI is InChI=1S/C16H25N3/c1-18-8-7-13(11-18)12-19(2)15-9-14-5-3-4-6-16(14)17-10-15/h3-6,13,15,17H,7-12H2,1-2H3. The first-order valence-corrected chi connectivity index (χ1v) is 7.43. The molecule has 3 rings (SSSR count). The molecule has 1 saturated heterocycles. The molecule has 0 amide bonds. The van der Waals surface area contributed by atoms with Crippen LogP contribution in [0.2, 0.25) is 0 Å². The third-order valence-corrected chi connectivity index (χ3v) is 4.66. The molecular weight excluding hydrogens is 234 g/mol. The minimum Gasteiger partial charge on any atom is -0.383 e. The van der Waals surface area contributed by atoms with Crippen LogP contribution >= 0.6 is 0 Å². The second-order valence-corrected chi connectivity index (χ2v) is 6.25. The Morgan fingerprint density at radius 3 is 3.00 bits per heavy atom. The van der Waals surface area contributed by atoms with Gasteiger partial charge in [-0.2, -0.15) is 0 Å². The fraction of sp³-hybridized carbons (Fsp3) is 0.625. The average Bonchev–Trinajstić information content (AvgIpc) is 2.83. The Morgan fingerprint density at radius 2 is 2.21 bits per heavy atom. The first-order valence-electron chi connectivity index (χ1n) is 7.43.